The van der Waals surface area contributed by atoms with Gasteiger partial charge in [0.1, 0.15) is 11.8 Å². The van der Waals surface area contributed by atoms with Gasteiger partial charge in [0.25, 0.3) is 5.91 Å². The van der Waals surface area contributed by atoms with Crippen molar-refractivity contribution in [2.24, 2.45) is 5.73 Å². The van der Waals surface area contributed by atoms with Crippen LogP contribution in [0.5, 0.6) is 5.75 Å². The number of nitrogens with one attached hydrogen (secondary N) is 1. The van der Waals surface area contributed by atoms with Crippen LogP contribution in [0.25, 0.3) is 0 Å². The van der Waals surface area contributed by atoms with Gasteiger partial charge in [0.05, 0.1) is 6.61 Å². The Balaban J connectivity index is 1.93. The third-order valence-electron chi connectivity index (χ3n) is 3.70. The first-order valence-corrected chi connectivity index (χ1v) is 8.52. The van der Waals surface area contributed by atoms with E-state index in [4.69, 9.17) is 15.2 Å². The van der Waals surface area contributed by atoms with Gasteiger partial charge in [-0.1, -0.05) is 30.3 Å². The normalized spacial score (nSPS) is 11.3. The SMILES string of the molecule is CCOC(=O)C(Cc1ccccc1)NC(=O)COc1ccc(C(N)=O)cc1. The molecule has 7 nitrogen and oxygen atoms in total. The van der Waals surface area contributed by atoms with E-state index in [9.17, 15) is 14.4 Å². The highest BCUT2D eigenvalue weighted by atomic mass is 16.5. The summed E-state index contributed by atoms with van der Waals surface area (Å²) in [6, 6.07) is 14.6. The van der Waals surface area contributed by atoms with E-state index >= 15 is 0 Å². The lowest BCUT2D eigenvalue weighted by Gasteiger charge is -2.17. The maximum atomic E-state index is 12.2. The van der Waals surface area contributed by atoms with E-state index in [1.807, 2.05) is 30.3 Å². The molecule has 2 rings (SSSR count). The van der Waals surface area contributed by atoms with E-state index in [2.05, 4.69) is 5.32 Å². The molecule has 3 N–H and O–H groups in total. The minimum atomic E-state index is -0.805. The number of primary amides is 1. The van der Waals surface area contributed by atoms with Crippen molar-refractivity contribution >= 4 is 17.8 Å². The summed E-state index contributed by atoms with van der Waals surface area (Å²) in [6.45, 7) is 1.65. The van der Waals surface area contributed by atoms with Gasteiger partial charge in [-0.2, -0.15) is 0 Å². The van der Waals surface area contributed by atoms with E-state index < -0.39 is 23.8 Å². The molecule has 2 aromatic carbocycles. The molecule has 1 unspecified atom stereocenters. The van der Waals surface area contributed by atoms with Crippen LogP contribution in [0.3, 0.4) is 0 Å². The van der Waals surface area contributed by atoms with Crippen LogP contribution >= 0.6 is 0 Å². The standard InChI is InChI=1S/C20H22N2O5/c1-2-26-20(25)17(12-14-6-4-3-5-7-14)22-18(23)13-27-16-10-8-15(9-11-16)19(21)24/h3-11,17H,2,12-13H2,1H3,(H2,21,24)(H,22,23). The number of benzene rings is 2. The molecule has 1 atom stereocenters. The van der Waals surface area contributed by atoms with E-state index in [1.54, 1.807) is 19.1 Å². The van der Waals surface area contributed by atoms with Crippen LogP contribution in [0, 0.1) is 0 Å². The van der Waals surface area contributed by atoms with Crippen molar-refractivity contribution in [1.82, 2.24) is 5.32 Å². The molecule has 0 saturated heterocycles. The van der Waals surface area contributed by atoms with Crippen molar-refractivity contribution < 1.29 is 23.9 Å². The number of carbonyl (C=O) groups excluding carboxylic acids is 3. The molecule has 2 amide bonds. The van der Waals surface area contributed by atoms with Crippen molar-refractivity contribution in [3.63, 3.8) is 0 Å². The molecule has 0 radical (unpaired) electrons. The Morgan fingerprint density at radius 2 is 1.70 bits per heavy atom. The highest BCUT2D eigenvalue weighted by molar-refractivity contribution is 5.92. The van der Waals surface area contributed by atoms with Crippen molar-refractivity contribution in [3.05, 3.63) is 65.7 Å². The third-order valence-corrected chi connectivity index (χ3v) is 3.70. The predicted molar refractivity (Wildman–Crippen MR) is 99.2 cm³/mol. The number of nitrogens with two attached hydrogens (primary N) is 1. The summed E-state index contributed by atoms with van der Waals surface area (Å²) in [5.74, 6) is -1.09. The molecular formula is C20H22N2O5. The minimum Gasteiger partial charge on any atom is -0.484 e. The highest BCUT2D eigenvalue weighted by Gasteiger charge is 2.22. The van der Waals surface area contributed by atoms with Crippen LogP contribution in [-0.4, -0.2) is 37.0 Å². The number of rotatable bonds is 9. The zero-order valence-corrected chi connectivity index (χ0v) is 15.0. The molecule has 27 heavy (non-hydrogen) atoms. The van der Waals surface area contributed by atoms with Crippen molar-refractivity contribution in [2.75, 3.05) is 13.2 Å². The quantitative estimate of drug-likeness (QED) is 0.650. The summed E-state index contributed by atoms with van der Waals surface area (Å²) in [4.78, 5) is 35.4. The van der Waals surface area contributed by atoms with Crippen molar-refractivity contribution in [2.45, 2.75) is 19.4 Å². The maximum absolute atomic E-state index is 12.2. The summed E-state index contributed by atoms with van der Waals surface area (Å²) in [7, 11) is 0. The van der Waals surface area contributed by atoms with Gasteiger partial charge in [-0.25, -0.2) is 4.79 Å². The molecule has 0 fully saturated rings. The Labute approximate surface area is 157 Å². The fraction of sp³-hybridized carbons (Fsp3) is 0.250. The summed E-state index contributed by atoms with van der Waals surface area (Å²) in [5, 5.41) is 2.64. The van der Waals surface area contributed by atoms with E-state index in [0.29, 0.717) is 17.7 Å². The molecule has 0 aliphatic rings. The summed E-state index contributed by atoms with van der Waals surface area (Å²) in [6.07, 6.45) is 0.318. The highest BCUT2D eigenvalue weighted by Crippen LogP contribution is 2.12. The lowest BCUT2D eigenvalue weighted by atomic mass is 10.1. The number of hydrogen-bond acceptors (Lipinski definition) is 5. The van der Waals surface area contributed by atoms with E-state index in [0.717, 1.165) is 5.56 Å². The largest absolute Gasteiger partial charge is 0.484 e. The van der Waals surface area contributed by atoms with E-state index in [1.165, 1.54) is 12.1 Å². The van der Waals surface area contributed by atoms with Crippen LogP contribution in [0.4, 0.5) is 0 Å². The molecule has 7 heteroatoms. The summed E-state index contributed by atoms with van der Waals surface area (Å²) >= 11 is 0. The second-order valence-corrected chi connectivity index (χ2v) is 5.74. The van der Waals surface area contributed by atoms with Gasteiger partial charge in [0.15, 0.2) is 6.61 Å². The van der Waals surface area contributed by atoms with Crippen LogP contribution < -0.4 is 15.8 Å². The first kappa shape index (κ1) is 20.0. The fourth-order valence-corrected chi connectivity index (χ4v) is 2.39. The zero-order valence-electron chi connectivity index (χ0n) is 15.0. The Morgan fingerprint density at radius 3 is 2.30 bits per heavy atom. The molecular weight excluding hydrogens is 348 g/mol. The topological polar surface area (TPSA) is 108 Å². The minimum absolute atomic E-state index is 0.225. The summed E-state index contributed by atoms with van der Waals surface area (Å²) < 4.78 is 10.4. The molecule has 0 saturated carbocycles. The fourth-order valence-electron chi connectivity index (χ4n) is 2.39. The second kappa shape index (κ2) is 9.96. The molecule has 0 bridgehead atoms. The van der Waals surface area contributed by atoms with Crippen LogP contribution in [-0.2, 0) is 20.7 Å². The number of hydrogen-bond donors (Lipinski definition) is 2. The summed E-state index contributed by atoms with van der Waals surface area (Å²) in [5.41, 5.74) is 6.42. The Hall–Kier alpha value is -3.35. The zero-order chi connectivity index (χ0) is 19.6. The monoisotopic (exact) mass is 370 g/mol. The first-order valence-electron chi connectivity index (χ1n) is 8.52. The molecule has 0 aliphatic carbocycles. The maximum Gasteiger partial charge on any atom is 0.328 e. The molecule has 0 aliphatic heterocycles. The smallest absolute Gasteiger partial charge is 0.328 e. The average molecular weight is 370 g/mol. The third kappa shape index (κ3) is 6.47. The number of esters is 1. The van der Waals surface area contributed by atoms with E-state index in [-0.39, 0.29) is 13.2 Å². The molecule has 142 valence electrons. The van der Waals surface area contributed by atoms with Crippen LogP contribution in [0.2, 0.25) is 0 Å². The first-order chi connectivity index (χ1) is 13.0. The predicted octanol–water partition coefficient (Wildman–Crippen LogP) is 1.45. The van der Waals surface area contributed by atoms with Gasteiger partial charge in [-0.05, 0) is 36.8 Å². The van der Waals surface area contributed by atoms with Gasteiger partial charge in [0.2, 0.25) is 5.91 Å². The van der Waals surface area contributed by atoms with Crippen molar-refractivity contribution in [1.29, 1.82) is 0 Å². The Kier molecular flexibility index (Phi) is 7.37. The van der Waals surface area contributed by atoms with Gasteiger partial charge in [-0.15, -0.1) is 0 Å². The Bertz CT molecular complexity index is 775. The van der Waals surface area contributed by atoms with Crippen molar-refractivity contribution in [3.8, 4) is 5.75 Å². The van der Waals surface area contributed by atoms with Gasteiger partial charge < -0.3 is 20.5 Å². The van der Waals surface area contributed by atoms with Gasteiger partial charge >= 0.3 is 5.97 Å². The lowest BCUT2D eigenvalue weighted by Crippen LogP contribution is -2.45. The second-order valence-electron chi connectivity index (χ2n) is 5.74. The number of carbonyl (C=O) groups is 3. The lowest BCUT2D eigenvalue weighted by molar-refractivity contribution is -0.147. The van der Waals surface area contributed by atoms with Gasteiger partial charge in [0, 0.05) is 12.0 Å². The molecule has 0 heterocycles. The average Bonchev–Trinajstić information content (AvgIpc) is 2.67. The molecule has 2 aromatic rings. The van der Waals surface area contributed by atoms with Crippen LogP contribution in [0.15, 0.2) is 54.6 Å². The van der Waals surface area contributed by atoms with Crippen LogP contribution in [0.1, 0.15) is 22.8 Å². The molecule has 0 aromatic heterocycles. The Morgan fingerprint density at radius 1 is 1.04 bits per heavy atom. The number of amides is 2. The number of ether oxygens (including phenoxy) is 2. The molecule has 0 spiro atoms. The van der Waals surface area contributed by atoms with Gasteiger partial charge in [-0.3, -0.25) is 9.59 Å².